The highest BCUT2D eigenvalue weighted by Gasteiger charge is 2.07. The van der Waals surface area contributed by atoms with Crippen LogP contribution < -0.4 is 0 Å². The molecule has 0 atom stereocenters. The number of benzene rings is 1. The van der Waals surface area contributed by atoms with Crippen molar-refractivity contribution in [2.75, 3.05) is 0 Å². The summed E-state index contributed by atoms with van der Waals surface area (Å²) in [6, 6.07) is 4.88. The monoisotopic (exact) mass is 168 g/mol. The van der Waals surface area contributed by atoms with E-state index in [0.717, 1.165) is 11.1 Å². The van der Waals surface area contributed by atoms with Gasteiger partial charge in [-0.2, -0.15) is 0 Å². The number of rotatable bonds is 1. The Morgan fingerprint density at radius 1 is 1.33 bits per heavy atom. The van der Waals surface area contributed by atoms with Crippen molar-refractivity contribution in [2.45, 2.75) is 13.8 Å². The van der Waals surface area contributed by atoms with Gasteiger partial charge < -0.3 is 0 Å². The zero-order valence-electron chi connectivity index (χ0n) is 6.93. The lowest BCUT2D eigenvalue weighted by Crippen LogP contribution is -1.99. The van der Waals surface area contributed by atoms with Crippen LogP contribution in [0.1, 0.15) is 21.5 Å². The highest BCUT2D eigenvalue weighted by Crippen LogP contribution is 2.10. The standard InChI is InChI=1S/C9H9FO2/c1-6-3-4-8(5-7(6)2)9(11)12-10/h3-5H,1-2H3. The Balaban J connectivity index is 3.05. The third kappa shape index (κ3) is 1.61. The summed E-state index contributed by atoms with van der Waals surface area (Å²) in [7, 11) is 0. The van der Waals surface area contributed by atoms with Crippen LogP contribution in [-0.2, 0) is 4.94 Å². The summed E-state index contributed by atoms with van der Waals surface area (Å²) in [5.41, 5.74) is 2.24. The van der Waals surface area contributed by atoms with Gasteiger partial charge in [0.2, 0.25) is 0 Å². The average Bonchev–Trinajstić information content (AvgIpc) is 2.08. The molecular formula is C9H9FO2. The summed E-state index contributed by atoms with van der Waals surface area (Å²) in [5, 5.41) is 0. The molecule has 3 heteroatoms. The van der Waals surface area contributed by atoms with Crippen molar-refractivity contribution in [1.82, 2.24) is 0 Å². The minimum Gasteiger partial charge on any atom is -0.249 e. The van der Waals surface area contributed by atoms with Gasteiger partial charge >= 0.3 is 5.97 Å². The lowest BCUT2D eigenvalue weighted by atomic mass is 10.1. The minimum absolute atomic E-state index is 0.237. The van der Waals surface area contributed by atoms with E-state index < -0.39 is 5.97 Å². The highest BCUT2D eigenvalue weighted by atomic mass is 19.3. The minimum atomic E-state index is -0.946. The fourth-order valence-electron chi connectivity index (χ4n) is 0.913. The molecule has 0 saturated heterocycles. The van der Waals surface area contributed by atoms with E-state index in [2.05, 4.69) is 4.94 Å². The van der Waals surface area contributed by atoms with Gasteiger partial charge in [0.05, 0.1) is 5.56 Å². The van der Waals surface area contributed by atoms with Crippen LogP contribution in [0.15, 0.2) is 18.2 Å². The molecular weight excluding hydrogens is 159 g/mol. The maximum atomic E-state index is 11.5. The molecule has 0 aliphatic heterocycles. The molecule has 0 aliphatic carbocycles. The normalized spacial score (nSPS) is 9.58. The first kappa shape index (κ1) is 8.71. The van der Waals surface area contributed by atoms with Crippen LogP contribution in [0.2, 0.25) is 0 Å². The second-order valence-electron chi connectivity index (χ2n) is 2.66. The van der Waals surface area contributed by atoms with E-state index in [1.807, 2.05) is 13.8 Å². The van der Waals surface area contributed by atoms with E-state index in [-0.39, 0.29) is 5.56 Å². The van der Waals surface area contributed by atoms with Gasteiger partial charge in [-0.05, 0) is 37.1 Å². The predicted octanol–water partition coefficient (Wildman–Crippen LogP) is 2.34. The van der Waals surface area contributed by atoms with Crippen LogP contribution in [-0.4, -0.2) is 5.97 Å². The third-order valence-corrected chi connectivity index (χ3v) is 1.81. The van der Waals surface area contributed by atoms with Crippen molar-refractivity contribution < 1.29 is 14.3 Å². The van der Waals surface area contributed by atoms with E-state index in [0.29, 0.717) is 0 Å². The van der Waals surface area contributed by atoms with E-state index in [4.69, 9.17) is 0 Å². The Hall–Kier alpha value is -1.38. The van der Waals surface area contributed by atoms with Crippen LogP contribution in [0.3, 0.4) is 0 Å². The van der Waals surface area contributed by atoms with Gasteiger partial charge in [-0.15, -0.1) is 0 Å². The molecule has 0 unspecified atom stereocenters. The molecule has 1 rings (SSSR count). The largest absolute Gasteiger partial charge is 0.379 e. The van der Waals surface area contributed by atoms with Gasteiger partial charge in [-0.1, -0.05) is 6.07 Å². The van der Waals surface area contributed by atoms with Gasteiger partial charge in [0.25, 0.3) is 0 Å². The molecule has 0 aromatic heterocycles. The number of halogens is 1. The van der Waals surface area contributed by atoms with Gasteiger partial charge in [0.15, 0.2) is 0 Å². The third-order valence-electron chi connectivity index (χ3n) is 1.81. The maximum absolute atomic E-state index is 11.5. The van der Waals surface area contributed by atoms with Gasteiger partial charge in [0.1, 0.15) is 0 Å². The van der Waals surface area contributed by atoms with Crippen molar-refractivity contribution in [1.29, 1.82) is 0 Å². The molecule has 1 aromatic rings. The summed E-state index contributed by atoms with van der Waals surface area (Å²) in [4.78, 5) is 13.8. The lowest BCUT2D eigenvalue weighted by molar-refractivity contribution is -0.0788. The number of carbonyl (C=O) groups excluding carboxylic acids is 1. The van der Waals surface area contributed by atoms with Gasteiger partial charge in [-0.3, -0.25) is 0 Å². The van der Waals surface area contributed by atoms with Crippen LogP contribution in [0.25, 0.3) is 0 Å². The number of hydrogen-bond acceptors (Lipinski definition) is 2. The molecule has 0 amide bonds. The lowest BCUT2D eigenvalue weighted by Gasteiger charge is -2.00. The molecule has 2 nitrogen and oxygen atoms in total. The molecule has 0 saturated carbocycles. The molecule has 64 valence electrons. The first-order valence-corrected chi connectivity index (χ1v) is 3.55. The van der Waals surface area contributed by atoms with Crippen LogP contribution >= 0.6 is 0 Å². The Labute approximate surface area is 69.9 Å². The van der Waals surface area contributed by atoms with Crippen molar-refractivity contribution in [3.8, 4) is 0 Å². The first-order chi connectivity index (χ1) is 5.65. The summed E-state index contributed by atoms with van der Waals surface area (Å²) in [6.45, 7) is 3.77. The molecule has 0 heterocycles. The van der Waals surface area contributed by atoms with Crippen molar-refractivity contribution >= 4 is 5.97 Å². The molecule has 0 fully saturated rings. The van der Waals surface area contributed by atoms with Crippen molar-refractivity contribution in [3.63, 3.8) is 0 Å². The summed E-state index contributed by atoms with van der Waals surface area (Å²) < 4.78 is 11.5. The topological polar surface area (TPSA) is 26.3 Å². The molecule has 0 N–H and O–H groups in total. The Morgan fingerprint density at radius 2 is 2.00 bits per heavy atom. The average molecular weight is 168 g/mol. The smallest absolute Gasteiger partial charge is 0.249 e. The van der Waals surface area contributed by atoms with Crippen molar-refractivity contribution in [3.05, 3.63) is 34.9 Å². The van der Waals surface area contributed by atoms with Crippen molar-refractivity contribution in [2.24, 2.45) is 0 Å². The van der Waals surface area contributed by atoms with E-state index >= 15 is 0 Å². The Morgan fingerprint density at radius 3 is 2.50 bits per heavy atom. The second kappa shape index (κ2) is 3.34. The molecule has 0 aliphatic rings. The number of carbonyl (C=O) groups is 1. The quantitative estimate of drug-likeness (QED) is 0.643. The molecule has 12 heavy (non-hydrogen) atoms. The summed E-state index contributed by atoms with van der Waals surface area (Å²) >= 11 is 0. The van der Waals surface area contributed by atoms with Gasteiger partial charge in [0, 0.05) is 4.53 Å². The zero-order chi connectivity index (χ0) is 9.14. The zero-order valence-corrected chi connectivity index (χ0v) is 6.93. The number of hydrogen-bond donors (Lipinski definition) is 0. The SMILES string of the molecule is Cc1ccc(C(=O)OF)cc1C. The second-order valence-corrected chi connectivity index (χ2v) is 2.66. The molecule has 0 spiro atoms. The fourth-order valence-corrected chi connectivity index (χ4v) is 0.913. The van der Waals surface area contributed by atoms with E-state index in [1.165, 1.54) is 6.07 Å². The van der Waals surface area contributed by atoms with Gasteiger partial charge in [-0.25, -0.2) is 9.74 Å². The Kier molecular flexibility index (Phi) is 2.43. The first-order valence-electron chi connectivity index (χ1n) is 3.55. The maximum Gasteiger partial charge on any atom is 0.379 e. The Bertz CT molecular complexity index is 307. The van der Waals surface area contributed by atoms with Crippen LogP contribution in [0.5, 0.6) is 0 Å². The number of aryl methyl sites for hydroxylation is 2. The summed E-state index contributed by atoms with van der Waals surface area (Å²) in [6.07, 6.45) is 0. The van der Waals surface area contributed by atoms with Crippen LogP contribution in [0.4, 0.5) is 4.53 Å². The fraction of sp³-hybridized carbons (Fsp3) is 0.222. The van der Waals surface area contributed by atoms with E-state index in [1.54, 1.807) is 12.1 Å². The van der Waals surface area contributed by atoms with E-state index in [9.17, 15) is 9.32 Å². The molecule has 0 bridgehead atoms. The molecule has 0 radical (unpaired) electrons. The summed E-state index contributed by atoms with van der Waals surface area (Å²) in [5.74, 6) is -0.946. The van der Waals surface area contributed by atoms with Crippen LogP contribution in [0, 0.1) is 13.8 Å². The highest BCUT2D eigenvalue weighted by molar-refractivity contribution is 5.89. The predicted molar refractivity (Wildman–Crippen MR) is 42.4 cm³/mol. The molecule has 1 aromatic carbocycles.